The molecule has 0 heterocycles. The van der Waals surface area contributed by atoms with Crippen LogP contribution in [0.15, 0.2) is 60.7 Å². The van der Waals surface area contributed by atoms with Crippen molar-refractivity contribution in [2.24, 2.45) is 0 Å². The van der Waals surface area contributed by atoms with Gasteiger partial charge in [-0.2, -0.15) is 0 Å². The van der Waals surface area contributed by atoms with Gasteiger partial charge in [0.1, 0.15) is 17.6 Å². The molecule has 0 saturated heterocycles. The average Bonchev–Trinajstić information content (AvgIpc) is 2.70. The van der Waals surface area contributed by atoms with Crippen molar-refractivity contribution in [1.29, 1.82) is 0 Å². The molecule has 3 atom stereocenters. The lowest BCUT2D eigenvalue weighted by atomic mass is 10.2. The first-order valence-corrected chi connectivity index (χ1v) is 9.91. The molecule has 3 unspecified atom stereocenters. The summed E-state index contributed by atoms with van der Waals surface area (Å²) in [5.41, 5.74) is 0. The fourth-order valence-electron chi connectivity index (χ4n) is 2.64. The SMILES string of the molecule is CCCCOC(Oc1ccccc1)C(OCCC)C(C)Oc1ccccc1. The molecule has 0 amide bonds. The molecule has 0 bridgehead atoms. The first-order valence-electron chi connectivity index (χ1n) is 9.91. The number of unbranched alkanes of at least 4 members (excludes halogenated alkanes) is 1. The predicted octanol–water partition coefficient (Wildman–Crippen LogP) is 5.47. The summed E-state index contributed by atoms with van der Waals surface area (Å²) >= 11 is 0. The van der Waals surface area contributed by atoms with E-state index >= 15 is 0 Å². The van der Waals surface area contributed by atoms with Gasteiger partial charge in [0, 0.05) is 6.61 Å². The van der Waals surface area contributed by atoms with Crippen LogP contribution < -0.4 is 9.47 Å². The van der Waals surface area contributed by atoms with Gasteiger partial charge >= 0.3 is 0 Å². The molecule has 0 spiro atoms. The fourth-order valence-corrected chi connectivity index (χ4v) is 2.64. The van der Waals surface area contributed by atoms with E-state index in [1.165, 1.54) is 0 Å². The van der Waals surface area contributed by atoms with E-state index in [4.69, 9.17) is 18.9 Å². The summed E-state index contributed by atoms with van der Waals surface area (Å²) in [6.45, 7) is 7.47. The van der Waals surface area contributed by atoms with E-state index in [1.807, 2.05) is 67.6 Å². The van der Waals surface area contributed by atoms with Crippen LogP contribution in [-0.4, -0.2) is 31.7 Å². The number of hydrogen-bond donors (Lipinski definition) is 0. The molecule has 2 aromatic carbocycles. The minimum absolute atomic E-state index is 0.228. The maximum absolute atomic E-state index is 6.15. The monoisotopic (exact) mass is 372 g/mol. The van der Waals surface area contributed by atoms with Gasteiger partial charge in [0.25, 0.3) is 0 Å². The number of benzene rings is 2. The van der Waals surface area contributed by atoms with Gasteiger partial charge in [-0.25, -0.2) is 0 Å². The predicted molar refractivity (Wildman–Crippen MR) is 108 cm³/mol. The molecule has 0 N–H and O–H groups in total. The molecular formula is C23H32O4. The van der Waals surface area contributed by atoms with Crippen LogP contribution in [0.1, 0.15) is 40.0 Å². The van der Waals surface area contributed by atoms with E-state index in [0.717, 1.165) is 30.8 Å². The van der Waals surface area contributed by atoms with Crippen LogP contribution in [0.5, 0.6) is 11.5 Å². The van der Waals surface area contributed by atoms with Gasteiger partial charge in [-0.3, -0.25) is 0 Å². The molecule has 27 heavy (non-hydrogen) atoms. The van der Waals surface area contributed by atoms with Crippen LogP contribution >= 0.6 is 0 Å². The quantitative estimate of drug-likeness (QED) is 0.345. The van der Waals surface area contributed by atoms with Gasteiger partial charge < -0.3 is 18.9 Å². The van der Waals surface area contributed by atoms with E-state index < -0.39 is 6.29 Å². The molecule has 148 valence electrons. The van der Waals surface area contributed by atoms with Gasteiger partial charge in [-0.05, 0) is 44.0 Å². The Kier molecular flexibility index (Phi) is 9.74. The Morgan fingerprint density at radius 1 is 0.704 bits per heavy atom. The highest BCUT2D eigenvalue weighted by atomic mass is 16.7. The van der Waals surface area contributed by atoms with Crippen molar-refractivity contribution in [2.75, 3.05) is 13.2 Å². The van der Waals surface area contributed by atoms with Gasteiger partial charge in [-0.1, -0.05) is 56.7 Å². The second kappa shape index (κ2) is 12.4. The van der Waals surface area contributed by atoms with Crippen molar-refractivity contribution in [2.45, 2.75) is 58.5 Å². The van der Waals surface area contributed by atoms with Crippen molar-refractivity contribution >= 4 is 0 Å². The first kappa shape index (κ1) is 21.3. The lowest BCUT2D eigenvalue weighted by Gasteiger charge is -2.32. The molecule has 0 fully saturated rings. The number of para-hydroxylation sites is 2. The van der Waals surface area contributed by atoms with E-state index in [1.54, 1.807) is 0 Å². The summed E-state index contributed by atoms with van der Waals surface area (Å²) in [5.74, 6) is 1.57. The third-order valence-electron chi connectivity index (χ3n) is 4.09. The second-order valence-electron chi connectivity index (χ2n) is 6.50. The van der Waals surface area contributed by atoms with Gasteiger partial charge in [0.15, 0.2) is 6.10 Å². The Balaban J connectivity index is 2.13. The second-order valence-corrected chi connectivity index (χ2v) is 6.50. The normalized spacial score (nSPS) is 14.3. The molecule has 0 radical (unpaired) electrons. The zero-order valence-corrected chi connectivity index (χ0v) is 16.7. The summed E-state index contributed by atoms with van der Waals surface area (Å²) in [6.07, 6.45) is 1.85. The van der Waals surface area contributed by atoms with E-state index in [2.05, 4.69) is 13.8 Å². The maximum Gasteiger partial charge on any atom is 0.230 e. The average molecular weight is 373 g/mol. The van der Waals surface area contributed by atoms with Gasteiger partial charge in [0.05, 0.1) is 6.61 Å². The standard InChI is InChI=1S/C23H32O4/c1-4-6-18-25-23(27-21-15-11-8-12-16-21)22(24-17-5-2)19(3)26-20-13-9-7-10-14-20/h7-16,19,22-23H,4-6,17-18H2,1-3H3. The van der Waals surface area contributed by atoms with Crippen LogP contribution in [0.4, 0.5) is 0 Å². The highest BCUT2D eigenvalue weighted by Crippen LogP contribution is 2.21. The minimum Gasteiger partial charge on any atom is -0.488 e. The lowest BCUT2D eigenvalue weighted by molar-refractivity contribution is -0.187. The summed E-state index contributed by atoms with van der Waals surface area (Å²) in [5, 5.41) is 0. The van der Waals surface area contributed by atoms with E-state index in [9.17, 15) is 0 Å². The smallest absolute Gasteiger partial charge is 0.230 e. The highest BCUT2D eigenvalue weighted by molar-refractivity contribution is 5.22. The van der Waals surface area contributed by atoms with Crippen molar-refractivity contribution in [3.05, 3.63) is 60.7 Å². The van der Waals surface area contributed by atoms with Crippen LogP contribution in [0.2, 0.25) is 0 Å². The lowest BCUT2D eigenvalue weighted by Crippen LogP contribution is -2.46. The summed E-state index contributed by atoms with van der Waals surface area (Å²) in [7, 11) is 0. The molecule has 4 heteroatoms. The number of ether oxygens (including phenoxy) is 4. The van der Waals surface area contributed by atoms with Crippen molar-refractivity contribution in [3.63, 3.8) is 0 Å². The zero-order valence-electron chi connectivity index (χ0n) is 16.7. The minimum atomic E-state index is -0.538. The van der Waals surface area contributed by atoms with E-state index in [-0.39, 0.29) is 12.2 Å². The molecule has 0 aliphatic carbocycles. The van der Waals surface area contributed by atoms with Gasteiger partial charge in [-0.15, -0.1) is 0 Å². The molecule has 0 aliphatic heterocycles. The largest absolute Gasteiger partial charge is 0.488 e. The first-order chi connectivity index (χ1) is 13.2. The van der Waals surface area contributed by atoms with E-state index in [0.29, 0.717) is 13.2 Å². The van der Waals surface area contributed by atoms with Crippen molar-refractivity contribution in [1.82, 2.24) is 0 Å². The number of rotatable bonds is 13. The molecule has 2 aromatic rings. The van der Waals surface area contributed by atoms with Crippen LogP contribution in [0.3, 0.4) is 0 Å². The summed E-state index contributed by atoms with van der Waals surface area (Å²) in [4.78, 5) is 0. The molecule has 0 aromatic heterocycles. The topological polar surface area (TPSA) is 36.9 Å². The van der Waals surface area contributed by atoms with Crippen LogP contribution in [0, 0.1) is 0 Å². The van der Waals surface area contributed by atoms with Crippen molar-refractivity contribution in [3.8, 4) is 11.5 Å². The highest BCUT2D eigenvalue weighted by Gasteiger charge is 2.32. The third-order valence-corrected chi connectivity index (χ3v) is 4.09. The summed E-state index contributed by atoms with van der Waals surface area (Å²) in [6, 6.07) is 19.5. The fraction of sp³-hybridized carbons (Fsp3) is 0.478. The Labute approximate surface area is 163 Å². The molecule has 0 aliphatic rings. The van der Waals surface area contributed by atoms with Gasteiger partial charge in [0.2, 0.25) is 6.29 Å². The molecule has 4 nitrogen and oxygen atoms in total. The van der Waals surface area contributed by atoms with Crippen LogP contribution in [-0.2, 0) is 9.47 Å². The van der Waals surface area contributed by atoms with Crippen LogP contribution in [0.25, 0.3) is 0 Å². The maximum atomic E-state index is 6.15. The molecule has 2 rings (SSSR count). The molecule has 0 saturated carbocycles. The Bertz CT molecular complexity index is 602. The molecular weight excluding hydrogens is 340 g/mol. The third kappa shape index (κ3) is 7.61. The Morgan fingerprint density at radius 3 is 1.85 bits per heavy atom. The zero-order chi connectivity index (χ0) is 19.3. The number of hydrogen-bond acceptors (Lipinski definition) is 4. The summed E-state index contributed by atoms with van der Waals surface area (Å²) < 4.78 is 24.5. The Hall–Kier alpha value is -2.04. The Morgan fingerprint density at radius 2 is 1.30 bits per heavy atom. The van der Waals surface area contributed by atoms with Crippen molar-refractivity contribution < 1.29 is 18.9 Å².